The van der Waals surface area contributed by atoms with Gasteiger partial charge in [0.1, 0.15) is 11.3 Å². The molecule has 0 radical (unpaired) electrons. The Morgan fingerprint density at radius 1 is 1.04 bits per heavy atom. The van der Waals surface area contributed by atoms with E-state index in [9.17, 15) is 18.3 Å². The maximum atomic E-state index is 12.5. The molecule has 122 valence electrons. The van der Waals surface area contributed by atoms with E-state index in [1.165, 1.54) is 33.3 Å². The molecule has 0 aromatic heterocycles. The molecule has 2 rings (SSSR count). The van der Waals surface area contributed by atoms with Crippen LogP contribution < -0.4 is 4.74 Å². The van der Waals surface area contributed by atoms with Gasteiger partial charge in [-0.3, -0.25) is 0 Å². The second-order valence-electron chi connectivity index (χ2n) is 4.98. The molecule has 0 fully saturated rings. The van der Waals surface area contributed by atoms with Crippen LogP contribution in [0, 0.1) is 0 Å². The van der Waals surface area contributed by atoms with Crippen molar-refractivity contribution in [2.24, 2.45) is 0 Å². The lowest BCUT2D eigenvalue weighted by atomic mass is 10.0. The Labute approximate surface area is 135 Å². The van der Waals surface area contributed by atoms with E-state index in [0.29, 0.717) is 11.1 Å². The average molecular weight is 335 g/mol. The molecular weight excluding hydrogens is 318 g/mol. The lowest BCUT2D eigenvalue weighted by molar-refractivity contribution is 0.0693. The van der Waals surface area contributed by atoms with Gasteiger partial charge in [0.25, 0.3) is 0 Å². The van der Waals surface area contributed by atoms with Crippen LogP contribution in [0.2, 0.25) is 0 Å². The van der Waals surface area contributed by atoms with Gasteiger partial charge in [-0.2, -0.15) is 0 Å². The number of hydrogen-bond donors (Lipinski definition) is 1. The van der Waals surface area contributed by atoms with Crippen LogP contribution in [-0.2, 0) is 10.0 Å². The normalized spacial score (nSPS) is 11.5. The molecular formula is C16H17NO5S. The molecule has 0 bridgehead atoms. The standard InChI is InChI=1S/C16H17NO5S/c1-17(2)23(20,21)14-10-5-4-7-11(14)12-8-6-9-13(16(18)19)15(12)22-3/h4-10H,1-3H3,(H,18,19). The van der Waals surface area contributed by atoms with Gasteiger partial charge in [-0.1, -0.05) is 30.3 Å². The number of benzene rings is 2. The number of nitrogens with zero attached hydrogens (tertiary/aromatic N) is 1. The predicted octanol–water partition coefficient (Wildman–Crippen LogP) is 2.31. The van der Waals surface area contributed by atoms with Gasteiger partial charge in [0.05, 0.1) is 12.0 Å². The first kappa shape index (κ1) is 17.0. The Morgan fingerprint density at radius 2 is 1.65 bits per heavy atom. The quantitative estimate of drug-likeness (QED) is 0.906. The van der Waals surface area contributed by atoms with Gasteiger partial charge >= 0.3 is 5.97 Å². The molecule has 0 aliphatic heterocycles. The zero-order valence-corrected chi connectivity index (χ0v) is 13.8. The summed E-state index contributed by atoms with van der Waals surface area (Å²) in [7, 11) is 0.555. The first-order valence-corrected chi connectivity index (χ1v) is 8.17. The fraction of sp³-hybridized carbons (Fsp3) is 0.188. The molecule has 0 heterocycles. The van der Waals surface area contributed by atoms with E-state index in [-0.39, 0.29) is 16.2 Å². The summed E-state index contributed by atoms with van der Waals surface area (Å²) >= 11 is 0. The summed E-state index contributed by atoms with van der Waals surface area (Å²) in [6.07, 6.45) is 0. The maximum absolute atomic E-state index is 12.5. The van der Waals surface area contributed by atoms with Crippen LogP contribution in [0.4, 0.5) is 0 Å². The molecule has 2 aromatic rings. The van der Waals surface area contributed by atoms with Crippen LogP contribution in [0.1, 0.15) is 10.4 Å². The first-order valence-electron chi connectivity index (χ1n) is 6.73. The molecule has 1 N–H and O–H groups in total. The van der Waals surface area contributed by atoms with E-state index >= 15 is 0 Å². The van der Waals surface area contributed by atoms with Gasteiger partial charge in [-0.15, -0.1) is 0 Å². The summed E-state index contributed by atoms with van der Waals surface area (Å²) in [6, 6.07) is 11.0. The Morgan fingerprint density at radius 3 is 2.22 bits per heavy atom. The van der Waals surface area contributed by atoms with E-state index in [1.54, 1.807) is 30.3 Å². The first-order chi connectivity index (χ1) is 10.8. The number of methoxy groups -OCH3 is 1. The molecule has 0 unspecified atom stereocenters. The molecule has 0 spiro atoms. The van der Waals surface area contributed by atoms with Crippen molar-refractivity contribution >= 4 is 16.0 Å². The number of carbonyl (C=O) groups is 1. The van der Waals surface area contributed by atoms with Crippen molar-refractivity contribution < 1.29 is 23.1 Å². The average Bonchev–Trinajstić information content (AvgIpc) is 2.53. The third-order valence-corrected chi connectivity index (χ3v) is 5.26. The van der Waals surface area contributed by atoms with Crippen molar-refractivity contribution in [1.29, 1.82) is 0 Å². The number of para-hydroxylation sites is 1. The van der Waals surface area contributed by atoms with Crippen molar-refractivity contribution in [2.75, 3.05) is 21.2 Å². The smallest absolute Gasteiger partial charge is 0.339 e. The van der Waals surface area contributed by atoms with Gasteiger partial charge in [-0.25, -0.2) is 17.5 Å². The van der Waals surface area contributed by atoms with Crippen LogP contribution in [0.5, 0.6) is 5.75 Å². The second kappa shape index (κ2) is 6.39. The van der Waals surface area contributed by atoms with Crippen LogP contribution >= 0.6 is 0 Å². The summed E-state index contributed by atoms with van der Waals surface area (Å²) in [5.74, 6) is -1.02. The van der Waals surface area contributed by atoms with Gasteiger partial charge in [0.2, 0.25) is 10.0 Å². The molecule has 0 aliphatic carbocycles. The molecule has 7 heteroatoms. The molecule has 0 aliphatic rings. The van der Waals surface area contributed by atoms with Gasteiger partial charge in [-0.05, 0) is 12.1 Å². The Kier molecular flexibility index (Phi) is 4.72. The number of rotatable bonds is 5. The summed E-state index contributed by atoms with van der Waals surface area (Å²) in [5.41, 5.74) is 0.775. The SMILES string of the molecule is COc1c(C(=O)O)cccc1-c1ccccc1S(=O)(=O)N(C)C. The third kappa shape index (κ3) is 3.06. The topological polar surface area (TPSA) is 83.9 Å². The molecule has 2 aromatic carbocycles. The largest absolute Gasteiger partial charge is 0.495 e. The Bertz CT molecular complexity index is 843. The highest BCUT2D eigenvalue weighted by molar-refractivity contribution is 7.89. The molecule has 0 amide bonds. The second-order valence-corrected chi connectivity index (χ2v) is 7.10. The minimum atomic E-state index is -3.68. The number of aromatic carboxylic acids is 1. The van der Waals surface area contributed by atoms with Gasteiger partial charge in [0, 0.05) is 25.2 Å². The van der Waals surface area contributed by atoms with Crippen LogP contribution in [0.3, 0.4) is 0 Å². The van der Waals surface area contributed by atoms with Crippen molar-refractivity contribution in [3.05, 3.63) is 48.0 Å². The highest BCUT2D eigenvalue weighted by Gasteiger charge is 2.24. The number of carboxylic acids is 1. The van der Waals surface area contributed by atoms with Gasteiger partial charge in [0.15, 0.2) is 0 Å². The minimum absolute atomic E-state index is 0.0259. The summed E-state index contributed by atoms with van der Waals surface area (Å²) in [4.78, 5) is 11.4. The maximum Gasteiger partial charge on any atom is 0.339 e. The monoisotopic (exact) mass is 335 g/mol. The fourth-order valence-corrected chi connectivity index (χ4v) is 3.35. The molecule has 0 saturated carbocycles. The van der Waals surface area contributed by atoms with Crippen molar-refractivity contribution in [2.45, 2.75) is 4.90 Å². The Balaban J connectivity index is 2.80. The molecule has 6 nitrogen and oxygen atoms in total. The van der Waals surface area contributed by atoms with Crippen LogP contribution in [0.25, 0.3) is 11.1 Å². The summed E-state index contributed by atoms with van der Waals surface area (Å²) in [5, 5.41) is 9.28. The highest BCUT2D eigenvalue weighted by Crippen LogP contribution is 2.37. The Hall–Kier alpha value is -2.38. The van der Waals surface area contributed by atoms with Crippen LogP contribution in [0.15, 0.2) is 47.4 Å². The van der Waals surface area contributed by atoms with Gasteiger partial charge < -0.3 is 9.84 Å². The van der Waals surface area contributed by atoms with Crippen LogP contribution in [-0.4, -0.2) is 45.0 Å². The third-order valence-electron chi connectivity index (χ3n) is 3.39. The van der Waals surface area contributed by atoms with E-state index in [1.807, 2.05) is 0 Å². The number of sulfonamides is 1. The molecule has 0 saturated heterocycles. The van der Waals surface area contributed by atoms with E-state index in [0.717, 1.165) is 4.31 Å². The molecule has 0 atom stereocenters. The fourth-order valence-electron chi connectivity index (χ4n) is 2.25. The van der Waals surface area contributed by atoms with Crippen molar-refractivity contribution in [1.82, 2.24) is 4.31 Å². The number of hydrogen-bond acceptors (Lipinski definition) is 4. The summed E-state index contributed by atoms with van der Waals surface area (Å²) < 4.78 is 31.4. The summed E-state index contributed by atoms with van der Waals surface area (Å²) in [6.45, 7) is 0. The van der Waals surface area contributed by atoms with E-state index in [4.69, 9.17) is 4.74 Å². The number of ether oxygens (including phenoxy) is 1. The minimum Gasteiger partial charge on any atom is -0.495 e. The number of carboxylic acid groups (broad SMARTS) is 1. The lowest BCUT2D eigenvalue weighted by Gasteiger charge is -2.17. The zero-order chi connectivity index (χ0) is 17.2. The van der Waals surface area contributed by atoms with E-state index in [2.05, 4.69) is 0 Å². The highest BCUT2D eigenvalue weighted by atomic mass is 32.2. The van der Waals surface area contributed by atoms with Crippen molar-refractivity contribution in [3.8, 4) is 16.9 Å². The zero-order valence-electron chi connectivity index (χ0n) is 13.0. The molecule has 23 heavy (non-hydrogen) atoms. The lowest BCUT2D eigenvalue weighted by Crippen LogP contribution is -2.22. The van der Waals surface area contributed by atoms with E-state index < -0.39 is 16.0 Å². The predicted molar refractivity (Wildman–Crippen MR) is 86.3 cm³/mol. The van der Waals surface area contributed by atoms with Crippen molar-refractivity contribution in [3.63, 3.8) is 0 Å².